The van der Waals surface area contributed by atoms with Crippen molar-refractivity contribution in [3.05, 3.63) is 48.0 Å². The highest BCUT2D eigenvalue weighted by atomic mass is 32.2. The van der Waals surface area contributed by atoms with Gasteiger partial charge in [-0.25, -0.2) is 0 Å². The van der Waals surface area contributed by atoms with Crippen LogP contribution in [0.15, 0.2) is 52.3 Å². The average molecular weight is 390 g/mol. The first-order valence-corrected chi connectivity index (χ1v) is 11.0. The van der Waals surface area contributed by atoms with Gasteiger partial charge in [-0.3, -0.25) is 0 Å². The van der Waals surface area contributed by atoms with E-state index in [1.807, 2.05) is 35.7 Å². The fourth-order valence-electron chi connectivity index (χ4n) is 2.79. The highest BCUT2D eigenvalue weighted by Gasteiger charge is 2.18. The molecule has 1 aliphatic heterocycles. The molecule has 1 aliphatic rings. The summed E-state index contributed by atoms with van der Waals surface area (Å²) >= 11 is 3.75. The Morgan fingerprint density at radius 1 is 1.31 bits per heavy atom. The monoisotopic (exact) mass is 389 g/mol. The lowest BCUT2D eigenvalue weighted by Crippen LogP contribution is -2.39. The van der Waals surface area contributed by atoms with Crippen molar-refractivity contribution in [1.29, 1.82) is 0 Å². The molecular weight excluding hydrogens is 362 g/mol. The number of rotatable bonds is 7. The molecule has 1 heterocycles. The van der Waals surface area contributed by atoms with Crippen LogP contribution in [0.1, 0.15) is 12.5 Å². The quantitative estimate of drug-likeness (QED) is 0.682. The SMILES string of the molecule is COc1ccccc1SC[C@@H](C)CN[C@@H]1COc2ccc(C)cc2SC1. The Balaban J connectivity index is 1.44. The zero-order chi connectivity index (χ0) is 18.4. The standard InChI is InChI=1S/C21H27NO2S2/c1-15-8-9-19-21(10-15)26-14-17(12-24-19)22-11-16(2)13-25-20-7-5-4-6-18(20)23-3/h4-10,16-17,22H,11-14H2,1-3H3/t16-,17+/m0/s1. The largest absolute Gasteiger partial charge is 0.496 e. The van der Waals surface area contributed by atoms with Crippen LogP contribution in [0.25, 0.3) is 0 Å². The van der Waals surface area contributed by atoms with E-state index >= 15 is 0 Å². The van der Waals surface area contributed by atoms with Gasteiger partial charge in [-0.1, -0.05) is 25.1 Å². The van der Waals surface area contributed by atoms with Gasteiger partial charge in [0.05, 0.1) is 13.2 Å². The topological polar surface area (TPSA) is 30.5 Å². The number of benzene rings is 2. The molecule has 0 fully saturated rings. The van der Waals surface area contributed by atoms with E-state index in [-0.39, 0.29) is 0 Å². The molecule has 0 radical (unpaired) electrons. The normalized spacial score (nSPS) is 17.7. The third kappa shape index (κ3) is 5.35. The second-order valence-electron chi connectivity index (χ2n) is 6.74. The molecule has 0 aliphatic carbocycles. The number of hydrogen-bond donors (Lipinski definition) is 1. The van der Waals surface area contributed by atoms with Crippen LogP contribution < -0.4 is 14.8 Å². The van der Waals surface area contributed by atoms with Gasteiger partial charge in [-0.15, -0.1) is 23.5 Å². The maximum absolute atomic E-state index is 6.00. The third-order valence-electron chi connectivity index (χ3n) is 4.33. The van der Waals surface area contributed by atoms with Gasteiger partial charge in [0.25, 0.3) is 0 Å². The Hall–Kier alpha value is -1.30. The summed E-state index contributed by atoms with van der Waals surface area (Å²) in [6, 6.07) is 15.0. The van der Waals surface area contributed by atoms with Crippen molar-refractivity contribution in [3.63, 3.8) is 0 Å². The molecule has 3 nitrogen and oxygen atoms in total. The van der Waals surface area contributed by atoms with Crippen LogP contribution in [-0.2, 0) is 0 Å². The van der Waals surface area contributed by atoms with Crippen molar-refractivity contribution in [2.24, 2.45) is 5.92 Å². The minimum Gasteiger partial charge on any atom is -0.496 e. The zero-order valence-electron chi connectivity index (χ0n) is 15.7. The molecule has 0 saturated heterocycles. The van der Waals surface area contributed by atoms with Crippen LogP contribution in [0.5, 0.6) is 11.5 Å². The van der Waals surface area contributed by atoms with Gasteiger partial charge >= 0.3 is 0 Å². The summed E-state index contributed by atoms with van der Waals surface area (Å²) in [5.74, 6) is 4.66. The number of para-hydroxylation sites is 1. The number of ether oxygens (including phenoxy) is 2. The second kappa shape index (κ2) is 9.58. The van der Waals surface area contributed by atoms with Crippen LogP contribution in [0.3, 0.4) is 0 Å². The first-order valence-electron chi connectivity index (χ1n) is 9.01. The molecule has 1 N–H and O–H groups in total. The zero-order valence-corrected chi connectivity index (χ0v) is 17.3. The highest BCUT2D eigenvalue weighted by Crippen LogP contribution is 2.33. The van der Waals surface area contributed by atoms with Gasteiger partial charge in [0.1, 0.15) is 18.1 Å². The van der Waals surface area contributed by atoms with Gasteiger partial charge in [0.2, 0.25) is 0 Å². The molecule has 0 unspecified atom stereocenters. The van der Waals surface area contributed by atoms with Crippen molar-refractivity contribution in [3.8, 4) is 11.5 Å². The van der Waals surface area contributed by atoms with Crippen LogP contribution >= 0.6 is 23.5 Å². The van der Waals surface area contributed by atoms with Crippen LogP contribution in [0.4, 0.5) is 0 Å². The maximum Gasteiger partial charge on any atom is 0.132 e. The number of fused-ring (bicyclic) bond motifs is 1. The lowest BCUT2D eigenvalue weighted by Gasteiger charge is -2.19. The van der Waals surface area contributed by atoms with Gasteiger partial charge in [-0.2, -0.15) is 0 Å². The molecular formula is C21H27NO2S2. The first-order chi connectivity index (χ1) is 12.7. The van der Waals surface area contributed by atoms with E-state index in [1.165, 1.54) is 15.4 Å². The molecule has 140 valence electrons. The third-order valence-corrected chi connectivity index (χ3v) is 6.91. The number of nitrogens with one attached hydrogen (secondary N) is 1. The smallest absolute Gasteiger partial charge is 0.132 e. The van der Waals surface area contributed by atoms with Crippen molar-refractivity contribution in [2.45, 2.75) is 29.7 Å². The predicted molar refractivity (Wildman–Crippen MR) is 112 cm³/mol. The second-order valence-corrected chi connectivity index (χ2v) is 8.87. The molecule has 0 aromatic heterocycles. The van der Waals surface area contributed by atoms with Gasteiger partial charge in [-0.05, 0) is 49.2 Å². The van der Waals surface area contributed by atoms with Crippen molar-refractivity contribution < 1.29 is 9.47 Å². The predicted octanol–water partition coefficient (Wildman–Crippen LogP) is 4.87. The first kappa shape index (κ1) is 19.5. The molecule has 2 aromatic rings. The van der Waals surface area contributed by atoms with E-state index in [0.717, 1.165) is 36.2 Å². The van der Waals surface area contributed by atoms with E-state index < -0.39 is 0 Å². The van der Waals surface area contributed by atoms with E-state index in [1.54, 1.807) is 7.11 Å². The van der Waals surface area contributed by atoms with Crippen molar-refractivity contribution in [2.75, 3.05) is 31.8 Å². The maximum atomic E-state index is 6.00. The van der Waals surface area contributed by atoms with Crippen molar-refractivity contribution in [1.82, 2.24) is 5.32 Å². The Kier molecular flexibility index (Phi) is 7.17. The van der Waals surface area contributed by atoms with Gasteiger partial charge in [0, 0.05) is 21.3 Å². The summed E-state index contributed by atoms with van der Waals surface area (Å²) in [7, 11) is 1.73. The highest BCUT2D eigenvalue weighted by molar-refractivity contribution is 7.99. The van der Waals surface area contributed by atoms with Crippen LogP contribution in [0.2, 0.25) is 0 Å². The lowest BCUT2D eigenvalue weighted by atomic mass is 10.2. The number of methoxy groups -OCH3 is 1. The Morgan fingerprint density at radius 3 is 3.00 bits per heavy atom. The minimum atomic E-state index is 0.381. The Labute approximate surface area is 165 Å². The summed E-state index contributed by atoms with van der Waals surface area (Å²) < 4.78 is 11.4. The van der Waals surface area contributed by atoms with E-state index in [4.69, 9.17) is 9.47 Å². The number of thioether (sulfide) groups is 2. The number of aryl methyl sites for hydroxylation is 1. The van der Waals surface area contributed by atoms with Crippen LogP contribution in [0, 0.1) is 12.8 Å². The minimum absolute atomic E-state index is 0.381. The fraction of sp³-hybridized carbons (Fsp3) is 0.429. The molecule has 0 amide bonds. The van der Waals surface area contributed by atoms with E-state index in [0.29, 0.717) is 12.0 Å². The molecule has 3 rings (SSSR count). The Bertz CT molecular complexity index is 723. The summed E-state index contributed by atoms with van der Waals surface area (Å²) in [4.78, 5) is 2.47. The summed E-state index contributed by atoms with van der Waals surface area (Å²) in [5, 5.41) is 3.69. The lowest BCUT2D eigenvalue weighted by molar-refractivity contribution is 0.270. The molecule has 2 atom stereocenters. The van der Waals surface area contributed by atoms with Crippen molar-refractivity contribution >= 4 is 23.5 Å². The number of hydrogen-bond acceptors (Lipinski definition) is 5. The molecule has 5 heteroatoms. The van der Waals surface area contributed by atoms with Gasteiger partial charge < -0.3 is 14.8 Å². The molecule has 0 spiro atoms. The summed E-state index contributed by atoms with van der Waals surface area (Å²) in [6.07, 6.45) is 0. The molecule has 0 saturated carbocycles. The van der Waals surface area contributed by atoms with Crippen LogP contribution in [-0.4, -0.2) is 37.8 Å². The molecule has 0 bridgehead atoms. The van der Waals surface area contributed by atoms with E-state index in [9.17, 15) is 0 Å². The van der Waals surface area contributed by atoms with Gasteiger partial charge in [0.15, 0.2) is 0 Å². The summed E-state index contributed by atoms with van der Waals surface area (Å²) in [6.45, 7) is 6.14. The fourth-order valence-corrected chi connectivity index (χ4v) is 4.97. The molecule has 26 heavy (non-hydrogen) atoms. The van der Waals surface area contributed by atoms with E-state index in [2.05, 4.69) is 49.5 Å². The summed E-state index contributed by atoms with van der Waals surface area (Å²) in [5.41, 5.74) is 1.29. The average Bonchev–Trinajstić information content (AvgIpc) is 2.86. The molecule has 2 aromatic carbocycles. The Morgan fingerprint density at radius 2 is 2.15 bits per heavy atom.